The first-order chi connectivity index (χ1) is 13.3. The third-order valence-corrected chi connectivity index (χ3v) is 5.39. The van der Waals surface area contributed by atoms with Crippen LogP contribution in [-0.2, 0) is 0 Å². The van der Waals surface area contributed by atoms with E-state index in [0.29, 0.717) is 0 Å². The topological polar surface area (TPSA) is 31.6 Å². The predicted molar refractivity (Wildman–Crippen MR) is 117 cm³/mol. The summed E-state index contributed by atoms with van der Waals surface area (Å²) in [6.07, 6.45) is 0. The SMILES string of the molecule is [B](c1ccc2[nH]c3ccccc3c2c1)c1ccc2[nH]c3ccccc3c2c1. The van der Waals surface area contributed by atoms with Crippen LogP contribution in [0.4, 0.5) is 0 Å². The Morgan fingerprint density at radius 1 is 0.444 bits per heavy atom. The molecule has 2 nitrogen and oxygen atoms in total. The number of benzene rings is 4. The van der Waals surface area contributed by atoms with Crippen LogP contribution >= 0.6 is 0 Å². The third kappa shape index (κ3) is 2.28. The number of hydrogen-bond donors (Lipinski definition) is 2. The molecule has 2 aromatic heterocycles. The Morgan fingerprint density at radius 2 is 0.889 bits per heavy atom. The molecule has 0 aliphatic rings. The molecule has 0 amide bonds. The summed E-state index contributed by atoms with van der Waals surface area (Å²) in [7, 11) is 2.25. The molecule has 0 saturated heterocycles. The van der Waals surface area contributed by atoms with E-state index < -0.39 is 0 Å². The molecule has 6 aromatic rings. The largest absolute Gasteiger partial charge is 0.355 e. The molecule has 2 heterocycles. The number of H-pyrrole nitrogens is 2. The lowest BCUT2D eigenvalue weighted by Crippen LogP contribution is -2.26. The first kappa shape index (κ1) is 14.7. The first-order valence-corrected chi connectivity index (χ1v) is 9.21. The lowest BCUT2D eigenvalue weighted by Gasteiger charge is -2.02. The third-order valence-electron chi connectivity index (χ3n) is 5.39. The normalized spacial score (nSPS) is 11.7. The van der Waals surface area contributed by atoms with Gasteiger partial charge in [0.15, 0.2) is 7.28 Å². The molecular weight excluding hydrogens is 327 g/mol. The summed E-state index contributed by atoms with van der Waals surface area (Å²) in [4.78, 5) is 6.98. The zero-order valence-corrected chi connectivity index (χ0v) is 14.7. The van der Waals surface area contributed by atoms with Gasteiger partial charge in [0, 0.05) is 43.6 Å². The molecule has 0 bridgehead atoms. The minimum absolute atomic E-state index is 1.18. The molecule has 0 saturated carbocycles. The van der Waals surface area contributed by atoms with Crippen LogP contribution in [0.3, 0.4) is 0 Å². The maximum Gasteiger partial charge on any atom is 0.191 e. The van der Waals surface area contributed by atoms with Gasteiger partial charge in [-0.25, -0.2) is 0 Å². The molecule has 1 radical (unpaired) electrons. The number of aromatic nitrogens is 2. The molecule has 0 unspecified atom stereocenters. The Labute approximate surface area is 157 Å². The molecular formula is C24H16BN2. The minimum atomic E-state index is 1.18. The highest BCUT2D eigenvalue weighted by molar-refractivity contribution is 6.68. The molecule has 27 heavy (non-hydrogen) atoms. The van der Waals surface area contributed by atoms with Crippen molar-refractivity contribution in [1.82, 2.24) is 9.97 Å². The fourth-order valence-electron chi connectivity index (χ4n) is 4.10. The van der Waals surface area contributed by atoms with Gasteiger partial charge in [-0.05, 0) is 24.3 Å². The number of rotatable bonds is 2. The van der Waals surface area contributed by atoms with E-state index in [1.54, 1.807) is 0 Å². The highest BCUT2D eigenvalue weighted by Gasteiger charge is 2.08. The van der Waals surface area contributed by atoms with Crippen LogP contribution in [-0.4, -0.2) is 17.2 Å². The summed E-state index contributed by atoms with van der Waals surface area (Å²) in [6, 6.07) is 30.2. The van der Waals surface area contributed by atoms with Gasteiger partial charge < -0.3 is 9.97 Å². The molecule has 2 N–H and O–H groups in total. The van der Waals surface area contributed by atoms with Crippen molar-refractivity contribution in [1.29, 1.82) is 0 Å². The van der Waals surface area contributed by atoms with Gasteiger partial charge in [0.2, 0.25) is 0 Å². The zero-order valence-electron chi connectivity index (χ0n) is 14.7. The second-order valence-electron chi connectivity index (χ2n) is 7.10. The van der Waals surface area contributed by atoms with Gasteiger partial charge in [-0.1, -0.05) is 71.6 Å². The van der Waals surface area contributed by atoms with Gasteiger partial charge in [-0.15, -0.1) is 0 Å². The highest BCUT2D eigenvalue weighted by atomic mass is 14.7. The molecule has 0 spiro atoms. The molecule has 0 fully saturated rings. The molecule has 0 atom stereocenters. The van der Waals surface area contributed by atoms with E-state index in [9.17, 15) is 0 Å². The molecule has 0 aliphatic heterocycles. The summed E-state index contributed by atoms with van der Waals surface area (Å²) in [5.74, 6) is 0. The van der Waals surface area contributed by atoms with Crippen molar-refractivity contribution >= 4 is 61.8 Å². The maximum absolute atomic E-state index is 3.49. The Balaban J connectivity index is 1.46. The van der Waals surface area contributed by atoms with Gasteiger partial charge in [-0.2, -0.15) is 0 Å². The summed E-state index contributed by atoms with van der Waals surface area (Å²) in [5.41, 5.74) is 7.16. The van der Waals surface area contributed by atoms with Gasteiger partial charge in [0.05, 0.1) is 0 Å². The van der Waals surface area contributed by atoms with E-state index in [-0.39, 0.29) is 0 Å². The van der Waals surface area contributed by atoms with Crippen molar-refractivity contribution < 1.29 is 0 Å². The van der Waals surface area contributed by atoms with Crippen LogP contribution < -0.4 is 10.9 Å². The number of para-hydroxylation sites is 2. The average Bonchev–Trinajstić information content (AvgIpc) is 3.26. The summed E-state index contributed by atoms with van der Waals surface area (Å²) in [6.45, 7) is 0. The van der Waals surface area contributed by atoms with Crippen molar-refractivity contribution in [3.05, 3.63) is 84.9 Å². The molecule has 0 aliphatic carbocycles. The van der Waals surface area contributed by atoms with Crippen LogP contribution in [0.2, 0.25) is 0 Å². The molecule has 6 rings (SSSR count). The standard InChI is InChI=1S/C24H16BN2/c1-3-7-21-17(5-1)19-13-15(9-11-23(19)26-21)25-16-10-12-24-20(14-16)18-6-2-4-8-22(18)27-24/h1-14,26-27H. The lowest BCUT2D eigenvalue weighted by molar-refractivity contribution is 1.55. The highest BCUT2D eigenvalue weighted by Crippen LogP contribution is 2.25. The molecule has 4 aromatic carbocycles. The van der Waals surface area contributed by atoms with E-state index >= 15 is 0 Å². The molecule has 125 valence electrons. The van der Waals surface area contributed by atoms with Gasteiger partial charge in [-0.3, -0.25) is 0 Å². The van der Waals surface area contributed by atoms with Crippen LogP contribution in [0.25, 0.3) is 43.6 Å². The fraction of sp³-hybridized carbons (Fsp3) is 0. The predicted octanol–water partition coefficient (Wildman–Crippen LogP) is 4.61. The lowest BCUT2D eigenvalue weighted by atomic mass is 9.63. The van der Waals surface area contributed by atoms with Crippen molar-refractivity contribution in [2.75, 3.05) is 0 Å². The van der Waals surface area contributed by atoms with E-state index in [1.807, 2.05) is 0 Å². The summed E-state index contributed by atoms with van der Waals surface area (Å²) >= 11 is 0. The van der Waals surface area contributed by atoms with Crippen molar-refractivity contribution in [3.8, 4) is 0 Å². The number of aromatic amines is 2. The van der Waals surface area contributed by atoms with Crippen LogP contribution in [0.5, 0.6) is 0 Å². The second kappa shape index (κ2) is 5.52. The summed E-state index contributed by atoms with van der Waals surface area (Å²) in [5, 5.41) is 5.09. The Bertz CT molecular complexity index is 1340. The van der Waals surface area contributed by atoms with Crippen molar-refractivity contribution in [2.24, 2.45) is 0 Å². The number of fused-ring (bicyclic) bond motifs is 6. The van der Waals surface area contributed by atoms with E-state index in [1.165, 1.54) is 54.5 Å². The quantitative estimate of drug-likeness (QED) is 0.430. The van der Waals surface area contributed by atoms with E-state index in [2.05, 4.69) is 102 Å². The van der Waals surface area contributed by atoms with Crippen molar-refractivity contribution in [3.63, 3.8) is 0 Å². The fourth-order valence-corrected chi connectivity index (χ4v) is 4.10. The second-order valence-corrected chi connectivity index (χ2v) is 7.10. The van der Waals surface area contributed by atoms with E-state index in [4.69, 9.17) is 0 Å². The van der Waals surface area contributed by atoms with Gasteiger partial charge >= 0.3 is 0 Å². The smallest absolute Gasteiger partial charge is 0.191 e. The molecule has 3 heteroatoms. The van der Waals surface area contributed by atoms with Gasteiger partial charge in [0.1, 0.15) is 0 Å². The Kier molecular flexibility index (Phi) is 3.00. The first-order valence-electron chi connectivity index (χ1n) is 9.21. The van der Waals surface area contributed by atoms with Crippen molar-refractivity contribution in [2.45, 2.75) is 0 Å². The Morgan fingerprint density at radius 3 is 1.41 bits per heavy atom. The van der Waals surface area contributed by atoms with Crippen LogP contribution in [0, 0.1) is 0 Å². The monoisotopic (exact) mass is 343 g/mol. The van der Waals surface area contributed by atoms with Gasteiger partial charge in [0.25, 0.3) is 0 Å². The van der Waals surface area contributed by atoms with Crippen LogP contribution in [0.1, 0.15) is 0 Å². The minimum Gasteiger partial charge on any atom is -0.355 e. The van der Waals surface area contributed by atoms with Crippen LogP contribution in [0.15, 0.2) is 84.9 Å². The number of nitrogens with one attached hydrogen (secondary N) is 2. The Hall–Kier alpha value is -3.46. The van der Waals surface area contributed by atoms with E-state index in [0.717, 1.165) is 0 Å². The summed E-state index contributed by atoms with van der Waals surface area (Å²) < 4.78 is 0. The average molecular weight is 343 g/mol. The number of hydrogen-bond acceptors (Lipinski definition) is 0. The zero-order chi connectivity index (χ0) is 17.8. The maximum atomic E-state index is 3.49.